The first-order valence-corrected chi connectivity index (χ1v) is 17.9. The maximum absolute atomic E-state index is 6.53. The lowest BCUT2D eigenvalue weighted by Crippen LogP contribution is -2.33. The fourth-order valence-electron chi connectivity index (χ4n) is 7.48. The van der Waals surface area contributed by atoms with Crippen molar-refractivity contribution in [3.05, 3.63) is 205 Å². The molecule has 1 aromatic heterocycles. The smallest absolute Gasteiger partial charge is 0.160 e. The third-order valence-corrected chi connectivity index (χ3v) is 10.2. The van der Waals surface area contributed by atoms with Crippen LogP contribution in [0.4, 0.5) is 0 Å². The second-order valence-corrected chi connectivity index (χ2v) is 13.4. The summed E-state index contributed by atoms with van der Waals surface area (Å²) in [5.41, 5.74) is 11.6. The van der Waals surface area contributed by atoms with Gasteiger partial charge >= 0.3 is 0 Å². The molecule has 10 rings (SSSR count). The van der Waals surface area contributed by atoms with E-state index < -0.39 is 0 Å². The van der Waals surface area contributed by atoms with Gasteiger partial charge in [0.25, 0.3) is 0 Å². The lowest BCUT2D eigenvalue weighted by Gasteiger charge is -2.24. The molecule has 1 aliphatic rings. The molecule has 0 radical (unpaired) electrons. The van der Waals surface area contributed by atoms with E-state index in [1.165, 1.54) is 27.5 Å². The zero-order valence-corrected chi connectivity index (χ0v) is 28.8. The summed E-state index contributed by atoms with van der Waals surface area (Å²) in [4.78, 5) is 10.5. The Labute approximate surface area is 307 Å². The minimum atomic E-state index is -0.347. The molecule has 0 bridgehead atoms. The van der Waals surface area contributed by atoms with Gasteiger partial charge in [-0.05, 0) is 67.9 Å². The first-order chi connectivity index (χ1) is 26.2. The zero-order valence-electron chi connectivity index (χ0n) is 28.8. The molecule has 0 saturated carbocycles. The van der Waals surface area contributed by atoms with Crippen LogP contribution < -0.4 is 5.32 Å². The van der Waals surface area contributed by atoms with Crippen LogP contribution in [0, 0.1) is 0 Å². The van der Waals surface area contributed by atoms with Crippen LogP contribution >= 0.6 is 0 Å². The van der Waals surface area contributed by atoms with E-state index in [4.69, 9.17) is 14.4 Å². The molecule has 53 heavy (non-hydrogen) atoms. The molecule has 0 amide bonds. The molecule has 0 spiro atoms. The summed E-state index contributed by atoms with van der Waals surface area (Å²) in [7, 11) is 0. The predicted octanol–water partition coefficient (Wildman–Crippen LogP) is 12.2. The second-order valence-electron chi connectivity index (χ2n) is 13.4. The summed E-state index contributed by atoms with van der Waals surface area (Å²) in [6, 6.07) is 65.8. The average Bonchev–Trinajstić information content (AvgIpc) is 3.63. The van der Waals surface area contributed by atoms with Gasteiger partial charge < -0.3 is 9.73 Å². The summed E-state index contributed by atoms with van der Waals surface area (Å²) < 4.78 is 6.53. The normalized spacial score (nSPS) is 14.2. The number of furan rings is 1. The maximum Gasteiger partial charge on any atom is 0.160 e. The third kappa shape index (κ3) is 5.67. The molecule has 4 nitrogen and oxygen atoms in total. The van der Waals surface area contributed by atoms with E-state index in [0.717, 1.165) is 61.2 Å². The van der Waals surface area contributed by atoms with Crippen LogP contribution in [0.15, 0.2) is 202 Å². The van der Waals surface area contributed by atoms with Crippen molar-refractivity contribution in [2.75, 3.05) is 0 Å². The second kappa shape index (κ2) is 12.9. The lowest BCUT2D eigenvalue weighted by atomic mass is 9.95. The van der Waals surface area contributed by atoms with Crippen molar-refractivity contribution in [2.45, 2.75) is 6.17 Å². The maximum atomic E-state index is 6.53. The number of nitrogens with zero attached hydrogens (tertiary/aromatic N) is 2. The van der Waals surface area contributed by atoms with Crippen molar-refractivity contribution in [3.63, 3.8) is 0 Å². The quantitative estimate of drug-likeness (QED) is 0.190. The predicted molar refractivity (Wildman–Crippen MR) is 219 cm³/mol. The number of rotatable bonds is 6. The Morgan fingerprint density at radius 2 is 0.943 bits per heavy atom. The van der Waals surface area contributed by atoms with Gasteiger partial charge in [-0.15, -0.1) is 0 Å². The standard InChI is InChI=1S/C49H33N3O/c1-3-11-32(12-4-1)34-21-23-35(24-22-34)36-25-28-38(29-26-36)48-50-47(37-14-5-2-6-15-37)51-49(52-48)42-18-10-20-44-46(42)45-41(17-9-19-43(45)53-44)40-30-27-33-13-7-8-16-39(33)31-40/h1-31,48H,(H,50,51,52). The van der Waals surface area contributed by atoms with Crippen LogP contribution in [0.3, 0.4) is 0 Å². The highest BCUT2D eigenvalue weighted by Gasteiger charge is 2.24. The summed E-state index contributed by atoms with van der Waals surface area (Å²) in [5, 5.41) is 8.13. The average molecular weight is 680 g/mol. The van der Waals surface area contributed by atoms with Crippen LogP contribution in [0.1, 0.15) is 22.9 Å². The van der Waals surface area contributed by atoms with E-state index in [-0.39, 0.29) is 6.17 Å². The van der Waals surface area contributed by atoms with E-state index in [1.807, 2.05) is 42.5 Å². The van der Waals surface area contributed by atoms with Gasteiger partial charge in [0.15, 0.2) is 5.84 Å². The van der Waals surface area contributed by atoms with Crippen molar-refractivity contribution in [1.29, 1.82) is 0 Å². The molecule has 0 saturated heterocycles. The number of amidine groups is 2. The molecular weight excluding hydrogens is 647 g/mol. The molecule has 0 fully saturated rings. The molecule has 2 heterocycles. The molecule has 1 unspecified atom stereocenters. The van der Waals surface area contributed by atoms with Crippen LogP contribution in [0.5, 0.6) is 0 Å². The largest absolute Gasteiger partial charge is 0.456 e. The van der Waals surface area contributed by atoms with E-state index in [2.05, 4.69) is 151 Å². The SMILES string of the molecule is c1ccc(C2=NC(c3cccc4oc5cccc(-c6ccc7ccccc7c6)c5c34)=NC(c3ccc(-c4ccc(-c5ccccc5)cc4)cc3)N2)cc1. The first-order valence-electron chi connectivity index (χ1n) is 17.9. The number of fused-ring (bicyclic) bond motifs is 4. The number of aliphatic imine (C=N–C) groups is 2. The lowest BCUT2D eigenvalue weighted by molar-refractivity contribution is 0.668. The van der Waals surface area contributed by atoms with Gasteiger partial charge in [0.05, 0.1) is 0 Å². The number of hydrogen-bond donors (Lipinski definition) is 1. The highest BCUT2D eigenvalue weighted by Crippen LogP contribution is 2.40. The Balaban J connectivity index is 1.07. The highest BCUT2D eigenvalue weighted by molar-refractivity contribution is 6.24. The molecule has 0 aliphatic carbocycles. The third-order valence-electron chi connectivity index (χ3n) is 10.2. The van der Waals surface area contributed by atoms with Crippen LogP contribution in [-0.4, -0.2) is 11.7 Å². The van der Waals surface area contributed by atoms with Gasteiger partial charge in [0.1, 0.15) is 23.2 Å². The molecule has 8 aromatic carbocycles. The minimum absolute atomic E-state index is 0.347. The summed E-state index contributed by atoms with van der Waals surface area (Å²) in [5.74, 6) is 1.44. The van der Waals surface area contributed by atoms with Crippen LogP contribution in [0.25, 0.3) is 66.1 Å². The molecule has 4 heteroatoms. The van der Waals surface area contributed by atoms with E-state index >= 15 is 0 Å². The number of hydrogen-bond acceptors (Lipinski definition) is 4. The van der Waals surface area contributed by atoms with Gasteiger partial charge in [0.2, 0.25) is 0 Å². The zero-order chi connectivity index (χ0) is 35.1. The molecule has 1 N–H and O–H groups in total. The Morgan fingerprint density at radius 3 is 1.62 bits per heavy atom. The first kappa shape index (κ1) is 30.8. The van der Waals surface area contributed by atoms with Crippen molar-refractivity contribution < 1.29 is 4.42 Å². The fraction of sp³-hybridized carbons (Fsp3) is 0.0204. The van der Waals surface area contributed by atoms with Crippen molar-refractivity contribution in [1.82, 2.24) is 5.32 Å². The number of benzene rings is 8. The van der Waals surface area contributed by atoms with Gasteiger partial charge in [-0.25, -0.2) is 9.98 Å². The summed E-state index contributed by atoms with van der Waals surface area (Å²) >= 11 is 0. The van der Waals surface area contributed by atoms with Crippen molar-refractivity contribution in [2.24, 2.45) is 9.98 Å². The topological polar surface area (TPSA) is 49.9 Å². The Hall–Kier alpha value is -7.04. The Morgan fingerprint density at radius 1 is 0.415 bits per heavy atom. The number of nitrogens with one attached hydrogen (secondary N) is 1. The van der Waals surface area contributed by atoms with E-state index in [1.54, 1.807) is 0 Å². The van der Waals surface area contributed by atoms with Crippen LogP contribution in [-0.2, 0) is 0 Å². The monoisotopic (exact) mass is 679 g/mol. The minimum Gasteiger partial charge on any atom is -0.456 e. The summed E-state index contributed by atoms with van der Waals surface area (Å²) in [6.45, 7) is 0. The van der Waals surface area contributed by atoms with Crippen molar-refractivity contribution >= 4 is 44.4 Å². The van der Waals surface area contributed by atoms with Crippen molar-refractivity contribution in [3.8, 4) is 33.4 Å². The summed E-state index contributed by atoms with van der Waals surface area (Å²) in [6.07, 6.45) is -0.347. The van der Waals surface area contributed by atoms with Gasteiger partial charge in [-0.1, -0.05) is 170 Å². The Bertz CT molecular complexity index is 2830. The molecule has 9 aromatic rings. The highest BCUT2D eigenvalue weighted by atomic mass is 16.3. The van der Waals surface area contributed by atoms with Gasteiger partial charge in [-0.3, -0.25) is 0 Å². The molecule has 1 aliphatic heterocycles. The molecular formula is C49H33N3O. The fourth-order valence-corrected chi connectivity index (χ4v) is 7.48. The van der Waals surface area contributed by atoms with Gasteiger partial charge in [0, 0.05) is 21.9 Å². The Kier molecular flexibility index (Phi) is 7.51. The molecule has 250 valence electrons. The van der Waals surface area contributed by atoms with E-state index in [9.17, 15) is 0 Å². The van der Waals surface area contributed by atoms with Gasteiger partial charge in [-0.2, -0.15) is 0 Å². The molecule has 1 atom stereocenters. The van der Waals surface area contributed by atoms with E-state index in [0.29, 0.717) is 5.84 Å². The van der Waals surface area contributed by atoms with Crippen LogP contribution in [0.2, 0.25) is 0 Å².